The first-order valence-electron chi connectivity index (χ1n) is 5.98. The number of hydrogen-bond acceptors (Lipinski definition) is 4. The highest BCUT2D eigenvalue weighted by atomic mass is 79.9. The molecule has 7 heteroatoms. The third-order valence-electron chi connectivity index (χ3n) is 3.30. The van der Waals surface area contributed by atoms with Gasteiger partial charge in [-0.05, 0) is 17.7 Å². The number of nitrogens with zero attached hydrogens (tertiary/aromatic N) is 3. The molecule has 2 unspecified atom stereocenters. The predicted octanol–water partition coefficient (Wildman–Crippen LogP) is 1.67. The Bertz CT molecular complexity index is 696. The Morgan fingerprint density at radius 3 is 3.00 bits per heavy atom. The number of nitrogens with one attached hydrogen (secondary N) is 1. The number of carbonyl (C=O) groups is 1. The molecular weight excluding hydrogens is 322 g/mol. The van der Waals surface area contributed by atoms with E-state index in [1.54, 1.807) is 4.68 Å². The maximum absolute atomic E-state index is 11.8. The molecule has 0 saturated heterocycles. The smallest absolute Gasteiger partial charge is 0.229 e. The summed E-state index contributed by atoms with van der Waals surface area (Å²) in [5, 5.41) is 7.16. The first-order chi connectivity index (χ1) is 9.58. The van der Waals surface area contributed by atoms with Crippen molar-refractivity contribution in [1.82, 2.24) is 14.8 Å². The summed E-state index contributed by atoms with van der Waals surface area (Å²) in [5.41, 5.74) is 6.98. The van der Waals surface area contributed by atoms with Gasteiger partial charge in [0.25, 0.3) is 0 Å². The van der Waals surface area contributed by atoms with Gasteiger partial charge in [-0.1, -0.05) is 34.6 Å². The molecule has 102 valence electrons. The number of anilines is 1. The van der Waals surface area contributed by atoms with E-state index >= 15 is 0 Å². The van der Waals surface area contributed by atoms with Crippen molar-refractivity contribution in [3.63, 3.8) is 0 Å². The van der Waals surface area contributed by atoms with E-state index in [1.807, 2.05) is 24.3 Å². The molecule has 0 spiro atoms. The van der Waals surface area contributed by atoms with Gasteiger partial charge in [0.1, 0.15) is 12.2 Å². The largest absolute Gasteiger partial charge is 0.369 e. The summed E-state index contributed by atoms with van der Waals surface area (Å²) in [4.78, 5) is 15.9. The highest BCUT2D eigenvalue weighted by Gasteiger charge is 2.38. The Labute approximate surface area is 123 Å². The first kappa shape index (κ1) is 12.9. The Hall–Kier alpha value is -2.15. The van der Waals surface area contributed by atoms with Crippen LogP contribution in [0, 0.1) is 5.92 Å². The van der Waals surface area contributed by atoms with Crippen LogP contribution in [-0.2, 0) is 4.79 Å². The molecule has 1 aliphatic rings. The molecule has 6 nitrogen and oxygen atoms in total. The van der Waals surface area contributed by atoms with Crippen molar-refractivity contribution in [1.29, 1.82) is 0 Å². The molecule has 2 heterocycles. The van der Waals surface area contributed by atoms with Crippen molar-refractivity contribution >= 4 is 27.8 Å². The summed E-state index contributed by atoms with van der Waals surface area (Å²) in [6, 6.07) is 7.33. The maximum Gasteiger partial charge on any atom is 0.229 e. The molecule has 2 aromatic rings. The second-order valence-electron chi connectivity index (χ2n) is 4.56. The van der Waals surface area contributed by atoms with Gasteiger partial charge < -0.3 is 11.1 Å². The zero-order valence-electron chi connectivity index (χ0n) is 10.5. The Balaban J connectivity index is 2.18. The van der Waals surface area contributed by atoms with E-state index in [1.165, 1.54) is 6.33 Å². The summed E-state index contributed by atoms with van der Waals surface area (Å²) in [6.45, 7) is 3.89. The van der Waals surface area contributed by atoms with Crippen LogP contribution in [-0.4, -0.2) is 20.7 Å². The number of halogens is 1. The summed E-state index contributed by atoms with van der Waals surface area (Å²) in [6.07, 6.45) is 1.43. The lowest BCUT2D eigenvalue weighted by atomic mass is 9.89. The Morgan fingerprint density at radius 1 is 1.50 bits per heavy atom. The van der Waals surface area contributed by atoms with Gasteiger partial charge in [-0.2, -0.15) is 10.1 Å². The van der Waals surface area contributed by atoms with Gasteiger partial charge in [-0.25, -0.2) is 4.68 Å². The first-order valence-corrected chi connectivity index (χ1v) is 6.77. The van der Waals surface area contributed by atoms with Crippen LogP contribution in [0.4, 0.5) is 5.95 Å². The van der Waals surface area contributed by atoms with E-state index in [0.717, 1.165) is 10.0 Å². The van der Waals surface area contributed by atoms with Crippen LogP contribution >= 0.6 is 15.9 Å². The number of primary amides is 1. The van der Waals surface area contributed by atoms with E-state index in [2.05, 4.69) is 37.9 Å². The van der Waals surface area contributed by atoms with E-state index < -0.39 is 11.8 Å². The topological polar surface area (TPSA) is 85.8 Å². The standard InChI is InChI=1S/C13H12BrN5O/c1-7-10(12(15)20)11(8-3-2-4-9(14)5-8)19-13(18-7)16-6-17-19/h2-6,10-11H,1H2,(H2,15,20)(H,16,17,18). The molecule has 20 heavy (non-hydrogen) atoms. The summed E-state index contributed by atoms with van der Waals surface area (Å²) < 4.78 is 2.58. The number of carbonyl (C=O) groups excluding carboxylic acids is 1. The van der Waals surface area contributed by atoms with Gasteiger partial charge >= 0.3 is 0 Å². The molecule has 1 aliphatic heterocycles. The molecule has 0 fully saturated rings. The number of benzene rings is 1. The van der Waals surface area contributed by atoms with Crippen LogP contribution in [0.25, 0.3) is 0 Å². The minimum Gasteiger partial charge on any atom is -0.369 e. The van der Waals surface area contributed by atoms with Gasteiger partial charge in [0, 0.05) is 10.2 Å². The van der Waals surface area contributed by atoms with Crippen molar-refractivity contribution < 1.29 is 4.79 Å². The fourth-order valence-corrected chi connectivity index (χ4v) is 2.86. The van der Waals surface area contributed by atoms with Gasteiger partial charge in [0.2, 0.25) is 11.9 Å². The van der Waals surface area contributed by atoms with E-state index in [-0.39, 0.29) is 6.04 Å². The normalized spacial score (nSPS) is 21.1. The molecule has 1 aromatic carbocycles. The Morgan fingerprint density at radius 2 is 2.30 bits per heavy atom. The minimum atomic E-state index is -0.585. The van der Waals surface area contributed by atoms with Crippen molar-refractivity contribution in [2.75, 3.05) is 5.32 Å². The monoisotopic (exact) mass is 333 g/mol. The quantitative estimate of drug-likeness (QED) is 0.875. The number of fused-ring (bicyclic) bond motifs is 1. The van der Waals surface area contributed by atoms with E-state index in [9.17, 15) is 4.79 Å². The van der Waals surface area contributed by atoms with Crippen LogP contribution < -0.4 is 11.1 Å². The summed E-state index contributed by atoms with van der Waals surface area (Å²) in [7, 11) is 0. The van der Waals surface area contributed by atoms with Gasteiger partial charge in [-0.3, -0.25) is 4.79 Å². The molecular formula is C13H12BrN5O. The Kier molecular flexibility index (Phi) is 3.06. The molecule has 0 aliphatic carbocycles. The number of aromatic nitrogens is 3. The van der Waals surface area contributed by atoms with Gasteiger partial charge in [0.05, 0.1) is 6.04 Å². The van der Waals surface area contributed by atoms with Crippen LogP contribution in [0.1, 0.15) is 11.6 Å². The maximum atomic E-state index is 11.8. The van der Waals surface area contributed by atoms with E-state index in [4.69, 9.17) is 5.73 Å². The predicted molar refractivity (Wildman–Crippen MR) is 77.8 cm³/mol. The average Bonchev–Trinajstić information content (AvgIpc) is 2.84. The number of amides is 1. The molecule has 1 aromatic heterocycles. The fraction of sp³-hybridized carbons (Fsp3) is 0.154. The van der Waals surface area contributed by atoms with Crippen molar-refractivity contribution in [2.24, 2.45) is 11.7 Å². The highest BCUT2D eigenvalue weighted by Crippen LogP contribution is 2.37. The highest BCUT2D eigenvalue weighted by molar-refractivity contribution is 9.10. The lowest BCUT2D eigenvalue weighted by Gasteiger charge is -2.32. The molecule has 0 radical (unpaired) electrons. The molecule has 2 atom stereocenters. The van der Waals surface area contributed by atoms with Crippen LogP contribution in [0.15, 0.2) is 47.3 Å². The zero-order valence-corrected chi connectivity index (χ0v) is 12.0. The van der Waals surface area contributed by atoms with Crippen LogP contribution in [0.5, 0.6) is 0 Å². The molecule has 1 amide bonds. The van der Waals surface area contributed by atoms with E-state index in [0.29, 0.717) is 11.6 Å². The van der Waals surface area contributed by atoms with Gasteiger partial charge in [-0.15, -0.1) is 0 Å². The van der Waals surface area contributed by atoms with Crippen LogP contribution in [0.2, 0.25) is 0 Å². The number of hydrogen-bond donors (Lipinski definition) is 2. The minimum absolute atomic E-state index is 0.351. The summed E-state index contributed by atoms with van der Waals surface area (Å²) >= 11 is 3.43. The number of nitrogens with two attached hydrogens (primary N) is 1. The lowest BCUT2D eigenvalue weighted by molar-refractivity contribution is -0.121. The fourth-order valence-electron chi connectivity index (χ4n) is 2.45. The van der Waals surface area contributed by atoms with Gasteiger partial charge in [0.15, 0.2) is 0 Å². The number of rotatable bonds is 2. The molecule has 3 rings (SSSR count). The lowest BCUT2D eigenvalue weighted by Crippen LogP contribution is -2.40. The second-order valence-corrected chi connectivity index (χ2v) is 5.47. The molecule has 0 bridgehead atoms. The SMILES string of the molecule is C=C1Nc2ncnn2C(c2cccc(Br)c2)C1C(N)=O. The second kappa shape index (κ2) is 4.75. The third kappa shape index (κ3) is 2.00. The zero-order chi connectivity index (χ0) is 14.3. The van der Waals surface area contributed by atoms with Crippen LogP contribution in [0.3, 0.4) is 0 Å². The van der Waals surface area contributed by atoms with Crippen molar-refractivity contribution in [3.8, 4) is 0 Å². The summed E-state index contributed by atoms with van der Waals surface area (Å²) in [5.74, 6) is -0.482. The van der Waals surface area contributed by atoms with Crippen molar-refractivity contribution in [3.05, 3.63) is 52.9 Å². The molecule has 3 N–H and O–H groups in total. The molecule has 0 saturated carbocycles. The average molecular weight is 334 g/mol. The third-order valence-corrected chi connectivity index (χ3v) is 3.79. The van der Waals surface area contributed by atoms with Crippen molar-refractivity contribution in [2.45, 2.75) is 6.04 Å².